The minimum absolute atomic E-state index is 0.0836. The Morgan fingerprint density at radius 2 is 1.62 bits per heavy atom. The lowest BCUT2D eigenvalue weighted by Gasteiger charge is -2.32. The molecular weight excluding hydrogens is 474 g/mol. The third kappa shape index (κ3) is 3.86. The van der Waals surface area contributed by atoms with Gasteiger partial charge in [-0.1, -0.05) is 6.92 Å². The highest BCUT2D eigenvalue weighted by Gasteiger charge is 2.77. The molecule has 32 heavy (non-hydrogen) atoms. The first-order valence-electron chi connectivity index (χ1n) is 9.27. The maximum absolute atomic E-state index is 14.5. The van der Waals surface area contributed by atoms with Crippen molar-refractivity contribution in [2.45, 2.75) is 54.8 Å². The van der Waals surface area contributed by atoms with Crippen LogP contribution in [0.5, 0.6) is 0 Å². The van der Waals surface area contributed by atoms with Gasteiger partial charge >= 0.3 is 18.0 Å². The normalized spacial score (nSPS) is 16.9. The van der Waals surface area contributed by atoms with Crippen molar-refractivity contribution in [1.29, 1.82) is 0 Å². The van der Waals surface area contributed by atoms with Crippen molar-refractivity contribution < 1.29 is 43.5 Å². The van der Waals surface area contributed by atoms with E-state index in [0.29, 0.717) is 16.3 Å². The number of pyridine rings is 1. The van der Waals surface area contributed by atoms with Crippen molar-refractivity contribution in [3.05, 3.63) is 29.7 Å². The van der Waals surface area contributed by atoms with Crippen molar-refractivity contribution in [2.24, 2.45) is 7.05 Å². The van der Waals surface area contributed by atoms with E-state index >= 15 is 0 Å². The number of alkyl halides is 8. The quantitative estimate of drug-likeness (QED) is 0.534. The molecule has 1 saturated carbocycles. The van der Waals surface area contributed by atoms with E-state index in [-0.39, 0.29) is 22.3 Å². The highest BCUT2D eigenvalue weighted by molar-refractivity contribution is 7.91. The molecule has 2 aromatic heterocycles. The molecule has 0 saturated heterocycles. The maximum Gasteiger partial charge on any atom is 0.434 e. The number of aromatic nitrogens is 3. The zero-order valence-electron chi connectivity index (χ0n) is 16.6. The van der Waals surface area contributed by atoms with Crippen LogP contribution in [0.4, 0.5) is 35.1 Å². The highest BCUT2D eigenvalue weighted by atomic mass is 32.2. The van der Waals surface area contributed by atoms with E-state index in [1.54, 1.807) is 0 Å². The number of halogens is 8. The second-order valence-electron chi connectivity index (χ2n) is 7.43. The zero-order chi connectivity index (χ0) is 24.3. The Morgan fingerprint density at radius 1 is 1.06 bits per heavy atom. The Bertz CT molecular complexity index is 1110. The van der Waals surface area contributed by atoms with Crippen LogP contribution >= 0.6 is 0 Å². The van der Waals surface area contributed by atoms with Gasteiger partial charge in [-0.05, 0) is 30.4 Å². The van der Waals surface area contributed by atoms with Gasteiger partial charge in [0.2, 0.25) is 0 Å². The van der Waals surface area contributed by atoms with Gasteiger partial charge in [0.25, 0.3) is 0 Å². The lowest BCUT2D eigenvalue weighted by atomic mass is 9.96. The molecule has 14 heteroatoms. The minimum atomic E-state index is -6.62. The van der Waals surface area contributed by atoms with E-state index in [0.717, 1.165) is 19.9 Å². The summed E-state index contributed by atoms with van der Waals surface area (Å²) in [5.74, 6) is -0.821. The summed E-state index contributed by atoms with van der Waals surface area (Å²) in [6.45, 7) is 1.33. The van der Waals surface area contributed by atoms with Crippen molar-refractivity contribution in [1.82, 2.24) is 14.5 Å². The maximum atomic E-state index is 14.5. The summed E-state index contributed by atoms with van der Waals surface area (Å²) >= 11 is 0. The summed E-state index contributed by atoms with van der Waals surface area (Å²) in [6, 6.07) is 1.31. The van der Waals surface area contributed by atoms with Crippen LogP contribution in [-0.2, 0) is 16.9 Å². The van der Waals surface area contributed by atoms with E-state index in [9.17, 15) is 43.5 Å². The molecule has 0 aromatic carbocycles. The summed E-state index contributed by atoms with van der Waals surface area (Å²) in [5, 5.41) is 0. The number of sulfone groups is 1. The van der Waals surface area contributed by atoms with Gasteiger partial charge < -0.3 is 4.57 Å². The van der Waals surface area contributed by atoms with Gasteiger partial charge in [-0.3, -0.25) is 4.98 Å². The fraction of sp³-hybridized carbons (Fsp3) is 0.556. The molecule has 1 fully saturated rings. The SMILES string of the molecule is CCS(=O)(=O)c1cc(C2CC2)cnc1-c1ncc(C(F)C(F)(C(F)(F)F)C(F)(F)F)n1C. The van der Waals surface area contributed by atoms with Crippen molar-refractivity contribution in [3.8, 4) is 11.5 Å². The fourth-order valence-corrected chi connectivity index (χ4v) is 4.26. The Morgan fingerprint density at radius 3 is 2.09 bits per heavy atom. The standard InChI is InChI=1S/C18H17F8N3O2S/c1-3-32(30,31)12-6-10(9-4-5-9)7-27-13(12)15-28-8-11(29(15)2)14(19)16(20,17(21,22)23)18(24,25)26/h6-9,14H,3-5H2,1-2H3. The van der Waals surface area contributed by atoms with Crippen LogP contribution in [0.3, 0.4) is 0 Å². The molecule has 1 aliphatic rings. The topological polar surface area (TPSA) is 64.8 Å². The van der Waals surface area contributed by atoms with Gasteiger partial charge in [-0.2, -0.15) is 26.3 Å². The average Bonchev–Trinajstić information content (AvgIpc) is 3.47. The van der Waals surface area contributed by atoms with E-state index in [1.165, 1.54) is 19.2 Å². The molecule has 178 valence electrons. The third-order valence-corrected chi connectivity index (χ3v) is 7.05. The van der Waals surface area contributed by atoms with Crippen LogP contribution in [0.2, 0.25) is 0 Å². The predicted octanol–water partition coefficient (Wildman–Crippen LogP) is 5.00. The largest absolute Gasteiger partial charge is 0.434 e. The first kappa shape index (κ1) is 24.4. The van der Waals surface area contributed by atoms with Crippen LogP contribution in [0.25, 0.3) is 11.5 Å². The van der Waals surface area contributed by atoms with Crippen LogP contribution in [-0.4, -0.2) is 46.7 Å². The third-order valence-electron chi connectivity index (χ3n) is 5.31. The number of hydrogen-bond acceptors (Lipinski definition) is 4. The lowest BCUT2D eigenvalue weighted by Crippen LogP contribution is -2.56. The van der Waals surface area contributed by atoms with Crippen LogP contribution in [0.15, 0.2) is 23.4 Å². The smallest absolute Gasteiger partial charge is 0.327 e. The van der Waals surface area contributed by atoms with Gasteiger partial charge in [0.15, 0.2) is 21.8 Å². The van der Waals surface area contributed by atoms with Gasteiger partial charge in [0.1, 0.15) is 5.69 Å². The molecule has 2 aromatic rings. The number of nitrogens with zero attached hydrogens (tertiary/aromatic N) is 3. The Hall–Kier alpha value is -2.25. The minimum Gasteiger partial charge on any atom is -0.327 e. The number of rotatable bonds is 6. The van der Waals surface area contributed by atoms with Gasteiger partial charge in [-0.25, -0.2) is 22.2 Å². The van der Waals surface area contributed by atoms with Gasteiger partial charge in [0, 0.05) is 13.2 Å². The van der Waals surface area contributed by atoms with Gasteiger partial charge in [-0.15, -0.1) is 0 Å². The monoisotopic (exact) mass is 491 g/mol. The van der Waals surface area contributed by atoms with Crippen LogP contribution < -0.4 is 0 Å². The van der Waals surface area contributed by atoms with Gasteiger partial charge in [0.05, 0.1) is 22.5 Å². The van der Waals surface area contributed by atoms with Crippen LogP contribution in [0.1, 0.15) is 43.1 Å². The molecule has 1 unspecified atom stereocenters. The molecule has 0 aliphatic heterocycles. The first-order chi connectivity index (χ1) is 14.6. The fourth-order valence-electron chi connectivity index (χ4n) is 3.19. The molecule has 0 N–H and O–H groups in total. The van der Waals surface area contributed by atoms with Crippen LogP contribution in [0, 0.1) is 0 Å². The number of hydrogen-bond donors (Lipinski definition) is 0. The summed E-state index contributed by atoms with van der Waals surface area (Å²) in [7, 11) is -3.11. The molecule has 1 aliphatic carbocycles. The second-order valence-corrected chi connectivity index (χ2v) is 9.68. The summed E-state index contributed by atoms with van der Waals surface area (Å²) in [4.78, 5) is 7.22. The van der Waals surface area contributed by atoms with Crippen molar-refractivity contribution in [3.63, 3.8) is 0 Å². The summed E-state index contributed by atoms with van der Waals surface area (Å²) in [5.41, 5.74) is -7.38. The summed E-state index contributed by atoms with van der Waals surface area (Å²) in [6.07, 6.45) is -14.2. The van der Waals surface area contributed by atoms with Crippen molar-refractivity contribution in [2.75, 3.05) is 5.75 Å². The predicted molar refractivity (Wildman–Crippen MR) is 95.9 cm³/mol. The molecule has 0 spiro atoms. The Kier molecular flexibility index (Phi) is 5.84. The lowest BCUT2D eigenvalue weighted by molar-refractivity contribution is -0.359. The molecule has 5 nitrogen and oxygen atoms in total. The molecular formula is C18H17F8N3O2S. The van der Waals surface area contributed by atoms with E-state index < -0.39 is 45.5 Å². The molecule has 0 amide bonds. The van der Waals surface area contributed by atoms with Crippen molar-refractivity contribution >= 4 is 9.84 Å². The molecule has 1 atom stereocenters. The van der Waals surface area contributed by atoms with E-state index in [1.807, 2.05) is 0 Å². The zero-order valence-corrected chi connectivity index (χ0v) is 17.4. The molecule has 3 rings (SSSR count). The number of imidazole rings is 1. The second kappa shape index (κ2) is 7.66. The molecule has 0 bridgehead atoms. The Balaban J connectivity index is 2.16. The molecule has 2 heterocycles. The summed E-state index contributed by atoms with van der Waals surface area (Å²) < 4.78 is 132. The van der Waals surface area contributed by atoms with E-state index in [2.05, 4.69) is 9.97 Å². The first-order valence-corrected chi connectivity index (χ1v) is 10.9. The Labute approximate surface area is 177 Å². The highest BCUT2D eigenvalue weighted by Crippen LogP contribution is 2.54. The van der Waals surface area contributed by atoms with E-state index in [4.69, 9.17) is 0 Å². The average molecular weight is 491 g/mol. The molecule has 0 radical (unpaired) electrons.